The minimum absolute atomic E-state index is 0.0749. The first kappa shape index (κ1) is 23.8. The van der Waals surface area contributed by atoms with Gasteiger partial charge in [-0.15, -0.1) is 11.3 Å². The summed E-state index contributed by atoms with van der Waals surface area (Å²) in [5.74, 6) is -0.953. The summed E-state index contributed by atoms with van der Waals surface area (Å²) in [6, 6.07) is 12.1. The Bertz CT molecular complexity index is 1210. The molecule has 33 heavy (non-hydrogen) atoms. The third kappa shape index (κ3) is 7.08. The normalized spacial score (nSPS) is 12.4. The predicted octanol–water partition coefficient (Wildman–Crippen LogP) is 4.73. The summed E-state index contributed by atoms with van der Waals surface area (Å²) < 4.78 is 5.40. The van der Waals surface area contributed by atoms with Crippen molar-refractivity contribution in [2.75, 3.05) is 5.32 Å². The zero-order valence-corrected chi connectivity index (χ0v) is 19.6. The van der Waals surface area contributed by atoms with Crippen LogP contribution in [0.1, 0.15) is 38.1 Å². The van der Waals surface area contributed by atoms with E-state index < -0.39 is 17.5 Å². The van der Waals surface area contributed by atoms with Crippen molar-refractivity contribution >= 4 is 39.7 Å². The topological polar surface area (TPSA) is 120 Å². The fourth-order valence-electron chi connectivity index (χ4n) is 2.67. The van der Waals surface area contributed by atoms with Crippen LogP contribution in [0.3, 0.4) is 0 Å². The molecule has 0 saturated heterocycles. The number of allylic oxidation sites excluding steroid dienone is 1. The number of carbonyl (C=O) groups excluding carboxylic acids is 2. The molecule has 2 heterocycles. The van der Waals surface area contributed by atoms with Crippen molar-refractivity contribution in [3.05, 3.63) is 71.4 Å². The molecule has 0 aliphatic carbocycles. The number of rotatable bonds is 6. The van der Waals surface area contributed by atoms with Gasteiger partial charge in [-0.1, -0.05) is 12.1 Å². The van der Waals surface area contributed by atoms with Gasteiger partial charge in [0.25, 0.3) is 5.91 Å². The van der Waals surface area contributed by atoms with Gasteiger partial charge in [-0.25, -0.2) is 14.8 Å². The Labute approximate surface area is 196 Å². The molecule has 0 fully saturated rings. The molecule has 8 nitrogen and oxygen atoms in total. The lowest BCUT2D eigenvalue weighted by atomic mass is 10.1. The van der Waals surface area contributed by atoms with Gasteiger partial charge in [0, 0.05) is 17.3 Å². The van der Waals surface area contributed by atoms with Crippen LogP contribution in [0.2, 0.25) is 0 Å². The largest absolute Gasteiger partial charge is 0.456 e. The number of benzene rings is 1. The predicted molar refractivity (Wildman–Crippen MR) is 131 cm³/mol. The van der Waals surface area contributed by atoms with Gasteiger partial charge in [0.15, 0.2) is 5.13 Å². The van der Waals surface area contributed by atoms with E-state index >= 15 is 0 Å². The number of hydrogen-bond acceptors (Lipinski definition) is 8. The molecule has 1 aromatic carbocycles. The van der Waals surface area contributed by atoms with Gasteiger partial charge in [0.1, 0.15) is 17.0 Å². The number of nitrogens with two attached hydrogens (primary N) is 1. The first-order chi connectivity index (χ1) is 15.6. The Morgan fingerprint density at radius 1 is 1.15 bits per heavy atom. The molecule has 0 aliphatic rings. The number of aromatic nitrogens is 2. The maximum atomic E-state index is 12.9. The summed E-state index contributed by atoms with van der Waals surface area (Å²) in [6.07, 6.45) is 3.14. The second-order valence-corrected chi connectivity index (χ2v) is 9.00. The lowest BCUT2D eigenvalue weighted by Gasteiger charge is -2.19. The van der Waals surface area contributed by atoms with Crippen LogP contribution in [-0.2, 0) is 9.53 Å². The van der Waals surface area contributed by atoms with Crippen LogP contribution in [-0.4, -0.2) is 33.2 Å². The number of amides is 1. The highest BCUT2D eigenvalue weighted by molar-refractivity contribution is 7.14. The summed E-state index contributed by atoms with van der Waals surface area (Å²) in [7, 11) is 0. The molecule has 170 valence electrons. The number of hydrogen-bond donors (Lipinski definition) is 2. The van der Waals surface area contributed by atoms with Gasteiger partial charge in [-0.3, -0.25) is 15.1 Å². The summed E-state index contributed by atoms with van der Waals surface area (Å²) in [6.45, 7) is 7.04. The maximum Gasteiger partial charge on any atom is 0.338 e. The molecule has 0 atom stereocenters. The van der Waals surface area contributed by atoms with E-state index in [1.807, 2.05) is 23.6 Å². The third-order valence-electron chi connectivity index (χ3n) is 3.98. The van der Waals surface area contributed by atoms with Crippen LogP contribution in [0.4, 0.5) is 10.8 Å². The van der Waals surface area contributed by atoms with Crippen molar-refractivity contribution in [3.63, 3.8) is 0 Å². The first-order valence-corrected chi connectivity index (χ1v) is 11.0. The van der Waals surface area contributed by atoms with E-state index in [-0.39, 0.29) is 5.71 Å². The molecule has 3 aromatic rings. The number of esters is 1. The highest BCUT2D eigenvalue weighted by Gasteiger charge is 2.18. The van der Waals surface area contributed by atoms with Gasteiger partial charge in [0.05, 0.1) is 16.9 Å². The molecule has 0 saturated carbocycles. The van der Waals surface area contributed by atoms with Crippen LogP contribution < -0.4 is 11.1 Å². The van der Waals surface area contributed by atoms with Crippen molar-refractivity contribution in [3.8, 4) is 11.4 Å². The van der Waals surface area contributed by atoms with Gasteiger partial charge >= 0.3 is 5.97 Å². The van der Waals surface area contributed by atoms with Crippen LogP contribution >= 0.6 is 11.3 Å². The van der Waals surface area contributed by atoms with Crippen LogP contribution in [0.25, 0.3) is 11.4 Å². The van der Waals surface area contributed by atoms with Crippen molar-refractivity contribution in [1.82, 2.24) is 9.97 Å². The second kappa shape index (κ2) is 10.2. The van der Waals surface area contributed by atoms with E-state index in [0.29, 0.717) is 33.5 Å². The Hall–Kier alpha value is -3.85. The van der Waals surface area contributed by atoms with Gasteiger partial charge < -0.3 is 10.5 Å². The lowest BCUT2D eigenvalue weighted by Crippen LogP contribution is -2.23. The Kier molecular flexibility index (Phi) is 7.34. The number of carbonyl (C=O) groups is 2. The molecule has 2 aromatic heterocycles. The Morgan fingerprint density at radius 3 is 2.61 bits per heavy atom. The Morgan fingerprint density at radius 2 is 1.94 bits per heavy atom. The summed E-state index contributed by atoms with van der Waals surface area (Å²) in [4.78, 5) is 38.4. The minimum atomic E-state index is -0.622. The zero-order chi connectivity index (χ0) is 24.0. The average molecular weight is 464 g/mol. The van der Waals surface area contributed by atoms with Gasteiger partial charge in [-0.2, -0.15) is 0 Å². The number of nitrogens with zero attached hydrogens (tertiary/aromatic N) is 3. The highest BCUT2D eigenvalue weighted by atomic mass is 32.1. The zero-order valence-electron chi connectivity index (χ0n) is 18.8. The number of ether oxygens (including phenoxy) is 1. The molecule has 3 N–H and O–H groups in total. The number of aliphatic imine (C=N–C) groups is 1. The van der Waals surface area contributed by atoms with E-state index in [1.165, 1.54) is 17.4 Å². The molecule has 0 spiro atoms. The number of thiazole rings is 1. The van der Waals surface area contributed by atoms with E-state index in [1.54, 1.807) is 58.2 Å². The molecule has 3 rings (SSSR count). The van der Waals surface area contributed by atoms with Gasteiger partial charge in [0.2, 0.25) is 0 Å². The molecule has 1 amide bonds. The molecular weight excluding hydrogens is 438 g/mol. The maximum absolute atomic E-state index is 12.9. The van der Waals surface area contributed by atoms with E-state index in [9.17, 15) is 9.59 Å². The number of pyridine rings is 1. The van der Waals surface area contributed by atoms with E-state index in [0.717, 1.165) is 0 Å². The second-order valence-electron chi connectivity index (χ2n) is 8.14. The smallest absolute Gasteiger partial charge is 0.338 e. The summed E-state index contributed by atoms with van der Waals surface area (Å²) in [5.41, 5.74) is 7.78. The average Bonchev–Trinajstić information content (AvgIpc) is 3.21. The molecule has 0 aliphatic heterocycles. The third-order valence-corrected chi connectivity index (χ3v) is 4.74. The molecule has 0 radical (unpaired) electrons. The quantitative estimate of drug-likeness (QED) is 0.403. The van der Waals surface area contributed by atoms with E-state index in [2.05, 4.69) is 20.3 Å². The summed E-state index contributed by atoms with van der Waals surface area (Å²) >= 11 is 1.28. The van der Waals surface area contributed by atoms with E-state index in [4.69, 9.17) is 10.5 Å². The Balaban J connectivity index is 1.83. The van der Waals surface area contributed by atoms with Crippen LogP contribution in [0, 0.1) is 0 Å². The van der Waals surface area contributed by atoms with Crippen LogP contribution in [0.15, 0.2) is 70.8 Å². The number of anilines is 1. The monoisotopic (exact) mass is 463 g/mol. The fourth-order valence-corrected chi connectivity index (χ4v) is 3.37. The fraction of sp³-hybridized carbons (Fsp3) is 0.208. The first-order valence-electron chi connectivity index (χ1n) is 10.1. The molecule has 9 heteroatoms. The molecular formula is C24H25N5O3S. The van der Waals surface area contributed by atoms with Crippen molar-refractivity contribution in [2.45, 2.75) is 33.3 Å². The number of nitrogens with one attached hydrogen (secondary N) is 1. The van der Waals surface area contributed by atoms with Crippen molar-refractivity contribution in [1.29, 1.82) is 0 Å². The van der Waals surface area contributed by atoms with Crippen molar-refractivity contribution in [2.24, 2.45) is 10.7 Å². The highest BCUT2D eigenvalue weighted by Crippen LogP contribution is 2.23. The van der Waals surface area contributed by atoms with Crippen molar-refractivity contribution < 1.29 is 14.3 Å². The summed E-state index contributed by atoms with van der Waals surface area (Å²) in [5, 5.41) is 4.95. The molecule has 0 bridgehead atoms. The SMILES string of the molecule is C/C(N)=C/C(=Nc1cccc(C(=O)OC(C)(C)C)c1)C(=O)Nc1nc(-c2ccccn2)cs1. The standard InChI is InChI=1S/C24H25N5O3S/c1-15(25)12-19(27-17-9-7-8-16(13-17)22(31)32-24(2,3)4)21(30)29-23-28-20(14-33-23)18-10-5-6-11-26-18/h5-14H,25H2,1-4H3,(H,28,29,30)/b15-12-,27-19?. The minimum Gasteiger partial charge on any atom is -0.456 e. The molecule has 0 unspecified atom stereocenters. The van der Waals surface area contributed by atoms with Crippen LogP contribution in [0.5, 0.6) is 0 Å². The van der Waals surface area contributed by atoms with Gasteiger partial charge in [-0.05, 0) is 64.1 Å². The lowest BCUT2D eigenvalue weighted by molar-refractivity contribution is -0.110.